The van der Waals surface area contributed by atoms with Crippen LogP contribution in [-0.4, -0.2) is 23.7 Å². The van der Waals surface area contributed by atoms with E-state index in [1.165, 1.54) is 0 Å². The molecule has 0 aliphatic carbocycles. The quantitative estimate of drug-likeness (QED) is 0.458. The Labute approximate surface area is 63.7 Å². The van der Waals surface area contributed by atoms with Gasteiger partial charge in [0.2, 0.25) is 0 Å². The second kappa shape index (κ2) is 5.28. The fourth-order valence-electron chi connectivity index (χ4n) is 0.423. The number of esters is 1. The molecule has 5 heteroatoms. The predicted molar refractivity (Wildman–Crippen MR) is 36.9 cm³/mol. The molecule has 0 saturated carbocycles. The molecule has 11 heavy (non-hydrogen) atoms. The molecule has 0 rings (SSSR count). The van der Waals surface area contributed by atoms with Gasteiger partial charge in [-0.2, -0.15) is 0 Å². The highest BCUT2D eigenvalue weighted by Gasteiger charge is 2.00. The number of nitrogens with one attached hydrogen (secondary N) is 1. The summed E-state index contributed by atoms with van der Waals surface area (Å²) in [4.78, 5) is 20.4. The summed E-state index contributed by atoms with van der Waals surface area (Å²) < 4.78 is 4.32. The van der Waals surface area contributed by atoms with E-state index < -0.39 is 12.1 Å². The number of carbonyl (C=O) groups is 2. The number of ether oxygens (including phenoxy) is 1. The number of hydrogen-bond donors (Lipinski definition) is 2. The molecular formula is C6H9NO4. The predicted octanol–water partition coefficient (Wildman–Crippen LogP) is 0.331. The molecule has 2 N–H and O–H groups in total. The van der Waals surface area contributed by atoms with Crippen LogP contribution in [0.4, 0.5) is 4.79 Å². The minimum atomic E-state index is -1.16. The van der Waals surface area contributed by atoms with Crippen molar-refractivity contribution in [3.63, 3.8) is 0 Å². The summed E-state index contributed by atoms with van der Waals surface area (Å²) in [6.07, 6.45) is -0.141. The summed E-state index contributed by atoms with van der Waals surface area (Å²) in [6, 6.07) is 0. The Morgan fingerprint density at radius 3 is 2.73 bits per heavy atom. The van der Waals surface area contributed by atoms with Crippen molar-refractivity contribution in [2.45, 2.75) is 6.42 Å². The van der Waals surface area contributed by atoms with Crippen molar-refractivity contribution in [1.29, 1.82) is 0 Å². The standard InChI is InChI=1S/C6H9NO4/c1-2-11-5(8)3-4-7-6(9)10/h2,7H,1,3-4H2,(H,9,10). The van der Waals surface area contributed by atoms with Crippen molar-refractivity contribution in [2.75, 3.05) is 6.54 Å². The maximum Gasteiger partial charge on any atom is 0.404 e. The molecule has 62 valence electrons. The Hall–Kier alpha value is -1.52. The van der Waals surface area contributed by atoms with E-state index in [1.807, 2.05) is 5.32 Å². The van der Waals surface area contributed by atoms with Gasteiger partial charge in [-0.25, -0.2) is 4.79 Å². The van der Waals surface area contributed by atoms with Crippen LogP contribution >= 0.6 is 0 Å². The molecular weight excluding hydrogens is 150 g/mol. The molecule has 0 unspecified atom stereocenters. The number of carboxylic acid groups (broad SMARTS) is 1. The van der Waals surface area contributed by atoms with E-state index in [1.54, 1.807) is 0 Å². The van der Waals surface area contributed by atoms with Gasteiger partial charge in [-0.3, -0.25) is 4.79 Å². The van der Waals surface area contributed by atoms with Crippen LogP contribution in [0.2, 0.25) is 0 Å². The van der Waals surface area contributed by atoms with Gasteiger partial charge >= 0.3 is 12.1 Å². The van der Waals surface area contributed by atoms with Gasteiger partial charge in [-0.15, -0.1) is 0 Å². The maximum atomic E-state index is 10.5. The average molecular weight is 159 g/mol. The van der Waals surface area contributed by atoms with Crippen molar-refractivity contribution < 1.29 is 19.4 Å². The lowest BCUT2D eigenvalue weighted by Crippen LogP contribution is -2.23. The van der Waals surface area contributed by atoms with Crippen LogP contribution < -0.4 is 5.32 Å². The topological polar surface area (TPSA) is 75.6 Å². The number of rotatable bonds is 4. The molecule has 0 aliphatic heterocycles. The SMILES string of the molecule is C=COC(=O)CCNC(=O)O. The molecule has 0 heterocycles. The van der Waals surface area contributed by atoms with Gasteiger partial charge in [0.1, 0.15) is 0 Å². The average Bonchev–Trinajstić information content (AvgIpc) is 1.87. The molecule has 0 spiro atoms. The third-order valence-electron chi connectivity index (χ3n) is 0.820. The summed E-state index contributed by atoms with van der Waals surface area (Å²) in [5.74, 6) is -0.506. The first-order valence-electron chi connectivity index (χ1n) is 2.94. The molecule has 0 aromatic carbocycles. The first-order valence-corrected chi connectivity index (χ1v) is 2.94. The lowest BCUT2D eigenvalue weighted by atomic mass is 10.4. The van der Waals surface area contributed by atoms with Crippen LogP contribution in [0.3, 0.4) is 0 Å². The Morgan fingerprint density at radius 2 is 2.27 bits per heavy atom. The van der Waals surface area contributed by atoms with Gasteiger partial charge in [0.05, 0.1) is 12.7 Å². The van der Waals surface area contributed by atoms with Crippen LogP contribution in [0.5, 0.6) is 0 Å². The maximum absolute atomic E-state index is 10.5. The van der Waals surface area contributed by atoms with Gasteiger partial charge in [0.25, 0.3) is 0 Å². The molecule has 0 aliphatic rings. The fourth-order valence-corrected chi connectivity index (χ4v) is 0.423. The third-order valence-corrected chi connectivity index (χ3v) is 0.820. The molecule has 0 atom stereocenters. The van der Waals surface area contributed by atoms with E-state index >= 15 is 0 Å². The molecule has 1 amide bonds. The number of amides is 1. The van der Waals surface area contributed by atoms with Crippen LogP contribution in [0.25, 0.3) is 0 Å². The molecule has 0 aromatic rings. The van der Waals surface area contributed by atoms with E-state index in [0.29, 0.717) is 0 Å². The van der Waals surface area contributed by atoms with Gasteiger partial charge < -0.3 is 15.2 Å². The highest BCUT2D eigenvalue weighted by atomic mass is 16.5. The molecule has 0 bridgehead atoms. The monoisotopic (exact) mass is 159 g/mol. The Balaban J connectivity index is 3.31. The Morgan fingerprint density at radius 1 is 1.64 bits per heavy atom. The lowest BCUT2D eigenvalue weighted by Gasteiger charge is -1.98. The van der Waals surface area contributed by atoms with Crippen LogP contribution in [0, 0.1) is 0 Å². The fraction of sp³-hybridized carbons (Fsp3) is 0.333. The zero-order chi connectivity index (χ0) is 8.69. The zero-order valence-corrected chi connectivity index (χ0v) is 5.87. The normalized spacial score (nSPS) is 8.36. The number of carbonyl (C=O) groups excluding carboxylic acids is 1. The Kier molecular flexibility index (Phi) is 4.55. The van der Waals surface area contributed by atoms with Gasteiger partial charge in [0, 0.05) is 6.54 Å². The van der Waals surface area contributed by atoms with Crippen molar-refractivity contribution >= 4 is 12.1 Å². The summed E-state index contributed by atoms with van der Waals surface area (Å²) in [5.41, 5.74) is 0. The van der Waals surface area contributed by atoms with Crippen molar-refractivity contribution in [2.24, 2.45) is 0 Å². The minimum absolute atomic E-state index is 0.0122. The molecule has 0 saturated heterocycles. The first kappa shape index (κ1) is 9.48. The van der Waals surface area contributed by atoms with Gasteiger partial charge in [-0.05, 0) is 0 Å². The minimum Gasteiger partial charge on any atom is -0.465 e. The highest BCUT2D eigenvalue weighted by molar-refractivity contribution is 5.71. The van der Waals surface area contributed by atoms with Crippen LogP contribution in [0.1, 0.15) is 6.42 Å². The lowest BCUT2D eigenvalue weighted by molar-refractivity contribution is -0.137. The van der Waals surface area contributed by atoms with Gasteiger partial charge in [0.15, 0.2) is 0 Å². The van der Waals surface area contributed by atoms with Crippen molar-refractivity contribution in [3.8, 4) is 0 Å². The second-order valence-corrected chi connectivity index (χ2v) is 1.64. The van der Waals surface area contributed by atoms with Crippen LogP contribution in [-0.2, 0) is 9.53 Å². The van der Waals surface area contributed by atoms with Crippen molar-refractivity contribution in [3.05, 3.63) is 12.8 Å². The Bertz CT molecular complexity index is 166. The number of hydrogen-bond acceptors (Lipinski definition) is 3. The summed E-state index contributed by atoms with van der Waals surface area (Å²) in [5, 5.41) is 10.1. The largest absolute Gasteiger partial charge is 0.465 e. The van der Waals surface area contributed by atoms with E-state index in [4.69, 9.17) is 5.11 Å². The zero-order valence-electron chi connectivity index (χ0n) is 5.87. The van der Waals surface area contributed by atoms with E-state index in [2.05, 4.69) is 11.3 Å². The second-order valence-electron chi connectivity index (χ2n) is 1.64. The molecule has 0 fully saturated rings. The summed E-state index contributed by atoms with van der Waals surface area (Å²) in [7, 11) is 0. The molecule has 0 radical (unpaired) electrons. The summed E-state index contributed by atoms with van der Waals surface area (Å²) >= 11 is 0. The van der Waals surface area contributed by atoms with E-state index in [9.17, 15) is 9.59 Å². The smallest absolute Gasteiger partial charge is 0.404 e. The van der Waals surface area contributed by atoms with E-state index in [0.717, 1.165) is 6.26 Å². The first-order chi connectivity index (χ1) is 5.16. The summed E-state index contributed by atoms with van der Waals surface area (Å²) in [6.45, 7) is 3.22. The van der Waals surface area contributed by atoms with Gasteiger partial charge in [-0.1, -0.05) is 6.58 Å². The van der Waals surface area contributed by atoms with Crippen molar-refractivity contribution in [1.82, 2.24) is 5.32 Å². The molecule has 0 aromatic heterocycles. The molecule has 5 nitrogen and oxygen atoms in total. The third kappa shape index (κ3) is 6.36. The highest BCUT2D eigenvalue weighted by Crippen LogP contribution is 1.83. The van der Waals surface area contributed by atoms with Crippen LogP contribution in [0.15, 0.2) is 12.8 Å². The van der Waals surface area contributed by atoms with E-state index in [-0.39, 0.29) is 13.0 Å².